The summed E-state index contributed by atoms with van der Waals surface area (Å²) in [5.41, 5.74) is 7.00. The van der Waals surface area contributed by atoms with Gasteiger partial charge in [-0.05, 0) is 19.1 Å². The molecule has 1 aromatic heterocycles. The van der Waals surface area contributed by atoms with Crippen LogP contribution in [0.2, 0.25) is 0 Å². The Balaban J connectivity index is 1.86. The Morgan fingerprint density at radius 1 is 1.05 bits per heavy atom. The van der Waals surface area contributed by atoms with Gasteiger partial charge in [0.1, 0.15) is 11.5 Å². The molecule has 3 rings (SSSR count). The van der Waals surface area contributed by atoms with Crippen LogP contribution in [0.15, 0.2) is 40.8 Å². The molecule has 1 aliphatic carbocycles. The maximum atomic E-state index is 13.0. The lowest BCUT2D eigenvalue weighted by molar-refractivity contribution is -0.130. The minimum atomic E-state index is -2.66. The van der Waals surface area contributed by atoms with Crippen molar-refractivity contribution in [1.29, 1.82) is 0 Å². The third kappa shape index (κ3) is 2.16. The Morgan fingerprint density at radius 3 is 2.26 bits per heavy atom. The van der Waals surface area contributed by atoms with E-state index in [0.29, 0.717) is 11.5 Å². The molecule has 0 atom stereocenters. The quantitative estimate of drug-likeness (QED) is 0.894. The number of rotatable bonds is 2. The molecule has 4 heteroatoms. The first kappa shape index (κ1) is 12.4. The Hall–Kier alpha value is -1.68. The molecule has 1 heterocycles. The highest BCUT2D eigenvalue weighted by atomic mass is 19.3. The maximum Gasteiger partial charge on any atom is 0.252 e. The van der Waals surface area contributed by atoms with Crippen molar-refractivity contribution >= 4 is 0 Å². The normalized spacial score (nSPS) is 20.0. The van der Waals surface area contributed by atoms with Gasteiger partial charge in [0.15, 0.2) is 0 Å². The van der Waals surface area contributed by atoms with Crippen LogP contribution in [0.5, 0.6) is 0 Å². The summed E-state index contributed by atoms with van der Waals surface area (Å²) in [6.45, 7) is 2.00. The van der Waals surface area contributed by atoms with E-state index in [-0.39, 0.29) is 12.8 Å². The zero-order valence-corrected chi connectivity index (χ0v) is 10.6. The third-order valence-electron chi connectivity index (χ3n) is 3.58. The summed E-state index contributed by atoms with van der Waals surface area (Å²) in [6, 6.07) is 11.3. The second-order valence-electron chi connectivity index (χ2n) is 5.40. The van der Waals surface area contributed by atoms with Crippen LogP contribution in [-0.4, -0.2) is 5.92 Å². The van der Waals surface area contributed by atoms with Gasteiger partial charge in [-0.1, -0.05) is 29.8 Å². The summed E-state index contributed by atoms with van der Waals surface area (Å²) in [6.07, 6.45) is -0.693. The van der Waals surface area contributed by atoms with Crippen LogP contribution in [0.3, 0.4) is 0 Å². The summed E-state index contributed by atoms with van der Waals surface area (Å²) in [7, 11) is 0. The van der Waals surface area contributed by atoms with E-state index in [1.54, 1.807) is 12.1 Å². The highest BCUT2D eigenvalue weighted by Gasteiger charge is 2.56. The van der Waals surface area contributed by atoms with Crippen molar-refractivity contribution in [3.63, 3.8) is 0 Å². The molecule has 0 aliphatic heterocycles. The van der Waals surface area contributed by atoms with E-state index in [1.807, 2.05) is 31.2 Å². The van der Waals surface area contributed by atoms with Gasteiger partial charge >= 0.3 is 0 Å². The molecular weight excluding hydrogens is 248 g/mol. The summed E-state index contributed by atoms with van der Waals surface area (Å²) in [5, 5.41) is 0. The number of furan rings is 1. The fourth-order valence-corrected chi connectivity index (χ4v) is 2.52. The average molecular weight is 263 g/mol. The lowest BCUT2D eigenvalue weighted by Crippen LogP contribution is -2.55. The van der Waals surface area contributed by atoms with Gasteiger partial charge in [0.05, 0.1) is 5.54 Å². The molecule has 0 bridgehead atoms. The number of hydrogen-bond acceptors (Lipinski definition) is 2. The SMILES string of the molecule is Cc1ccc(-c2ccc(C3(N)CC(F)(F)C3)o2)cc1. The zero-order chi connectivity index (χ0) is 13.7. The third-order valence-corrected chi connectivity index (χ3v) is 3.58. The Bertz CT molecular complexity index is 593. The van der Waals surface area contributed by atoms with Crippen LogP contribution >= 0.6 is 0 Å². The van der Waals surface area contributed by atoms with Crippen molar-refractivity contribution in [3.8, 4) is 11.3 Å². The monoisotopic (exact) mass is 263 g/mol. The predicted molar refractivity (Wildman–Crippen MR) is 68.9 cm³/mol. The molecule has 1 fully saturated rings. The Labute approximate surface area is 110 Å². The van der Waals surface area contributed by atoms with Crippen molar-refractivity contribution in [3.05, 3.63) is 47.7 Å². The topological polar surface area (TPSA) is 39.2 Å². The van der Waals surface area contributed by atoms with Gasteiger partial charge in [0.25, 0.3) is 5.92 Å². The van der Waals surface area contributed by atoms with E-state index < -0.39 is 11.5 Å². The summed E-state index contributed by atoms with van der Waals surface area (Å²) in [4.78, 5) is 0. The highest BCUT2D eigenvalue weighted by Crippen LogP contribution is 2.50. The van der Waals surface area contributed by atoms with Crippen molar-refractivity contribution in [2.75, 3.05) is 0 Å². The molecule has 0 spiro atoms. The molecule has 0 amide bonds. The van der Waals surface area contributed by atoms with Crippen LogP contribution in [0.25, 0.3) is 11.3 Å². The zero-order valence-electron chi connectivity index (χ0n) is 10.6. The molecule has 2 nitrogen and oxygen atoms in total. The minimum Gasteiger partial charge on any atom is -0.459 e. The van der Waals surface area contributed by atoms with Crippen molar-refractivity contribution in [2.24, 2.45) is 5.73 Å². The van der Waals surface area contributed by atoms with Gasteiger partial charge in [-0.15, -0.1) is 0 Å². The van der Waals surface area contributed by atoms with E-state index in [0.717, 1.165) is 11.1 Å². The molecule has 2 aromatic rings. The van der Waals surface area contributed by atoms with Crippen LogP contribution < -0.4 is 5.73 Å². The van der Waals surface area contributed by atoms with Crippen molar-refractivity contribution < 1.29 is 13.2 Å². The van der Waals surface area contributed by atoms with Crippen molar-refractivity contribution in [1.82, 2.24) is 0 Å². The predicted octanol–water partition coefficient (Wildman–Crippen LogP) is 3.84. The number of nitrogens with two attached hydrogens (primary N) is 1. The van der Waals surface area contributed by atoms with Crippen LogP contribution in [0.4, 0.5) is 8.78 Å². The van der Waals surface area contributed by atoms with E-state index >= 15 is 0 Å². The molecule has 1 aromatic carbocycles. The second kappa shape index (κ2) is 3.90. The standard InChI is InChI=1S/C15H15F2NO/c1-10-2-4-11(5-3-10)12-6-7-13(19-12)14(18)8-15(16,17)9-14/h2-7H,8-9,18H2,1H3. The van der Waals surface area contributed by atoms with E-state index in [9.17, 15) is 8.78 Å². The first-order chi connectivity index (χ1) is 8.88. The smallest absolute Gasteiger partial charge is 0.252 e. The number of halogens is 2. The number of alkyl halides is 2. The first-order valence-corrected chi connectivity index (χ1v) is 6.22. The molecule has 19 heavy (non-hydrogen) atoms. The van der Waals surface area contributed by atoms with Gasteiger partial charge in [0.2, 0.25) is 0 Å². The van der Waals surface area contributed by atoms with Crippen LogP contribution in [0.1, 0.15) is 24.2 Å². The molecule has 1 saturated carbocycles. The number of hydrogen-bond donors (Lipinski definition) is 1. The van der Waals surface area contributed by atoms with Crippen LogP contribution in [-0.2, 0) is 5.54 Å². The molecule has 0 saturated heterocycles. The van der Waals surface area contributed by atoms with E-state index in [2.05, 4.69) is 0 Å². The summed E-state index contributed by atoms with van der Waals surface area (Å²) in [5.74, 6) is -1.56. The molecule has 0 unspecified atom stereocenters. The average Bonchev–Trinajstić information content (AvgIpc) is 2.77. The Morgan fingerprint density at radius 2 is 1.68 bits per heavy atom. The van der Waals surface area contributed by atoms with Gasteiger partial charge in [0, 0.05) is 18.4 Å². The van der Waals surface area contributed by atoms with Crippen LogP contribution in [0, 0.1) is 6.92 Å². The fraction of sp³-hybridized carbons (Fsp3) is 0.333. The molecule has 2 N–H and O–H groups in total. The van der Waals surface area contributed by atoms with E-state index in [4.69, 9.17) is 10.2 Å². The molecular formula is C15H15F2NO. The maximum absolute atomic E-state index is 13.0. The van der Waals surface area contributed by atoms with Gasteiger partial charge in [-0.2, -0.15) is 0 Å². The highest BCUT2D eigenvalue weighted by molar-refractivity contribution is 5.58. The lowest BCUT2D eigenvalue weighted by Gasteiger charge is -2.42. The van der Waals surface area contributed by atoms with E-state index in [1.165, 1.54) is 0 Å². The van der Waals surface area contributed by atoms with Gasteiger partial charge in [-0.25, -0.2) is 8.78 Å². The summed E-state index contributed by atoms with van der Waals surface area (Å²) >= 11 is 0. The molecule has 100 valence electrons. The summed E-state index contributed by atoms with van der Waals surface area (Å²) < 4.78 is 31.6. The fourth-order valence-electron chi connectivity index (χ4n) is 2.52. The molecule has 1 aliphatic rings. The largest absolute Gasteiger partial charge is 0.459 e. The van der Waals surface area contributed by atoms with Crippen molar-refractivity contribution in [2.45, 2.75) is 31.2 Å². The lowest BCUT2D eigenvalue weighted by atomic mass is 9.72. The number of aryl methyl sites for hydroxylation is 1. The first-order valence-electron chi connectivity index (χ1n) is 6.22. The van der Waals surface area contributed by atoms with Gasteiger partial charge in [-0.3, -0.25) is 0 Å². The minimum absolute atomic E-state index is 0.346. The second-order valence-corrected chi connectivity index (χ2v) is 5.40. The Kier molecular flexibility index (Phi) is 2.54. The molecule has 0 radical (unpaired) electrons. The number of benzene rings is 1. The van der Waals surface area contributed by atoms with Gasteiger partial charge < -0.3 is 10.2 Å².